The predicted molar refractivity (Wildman–Crippen MR) is 122 cm³/mol. The van der Waals surface area contributed by atoms with Crippen molar-refractivity contribution in [3.63, 3.8) is 0 Å². The number of quaternary nitrogens is 1. The van der Waals surface area contributed by atoms with E-state index in [1.165, 1.54) is 26.6 Å². The van der Waals surface area contributed by atoms with Crippen molar-refractivity contribution in [2.45, 2.75) is 26.8 Å². The Morgan fingerprint density at radius 1 is 1.10 bits per heavy atom. The van der Waals surface area contributed by atoms with Gasteiger partial charge >= 0.3 is 0 Å². The molecule has 0 radical (unpaired) electrons. The first kappa shape index (κ1) is 21.4. The number of nitrogens with zero attached hydrogens (tertiary/aromatic N) is 2. The second-order valence-electron chi connectivity index (χ2n) is 8.29. The first-order chi connectivity index (χ1) is 14.9. The van der Waals surface area contributed by atoms with Crippen LogP contribution in [0.5, 0.6) is 0 Å². The number of rotatable bonds is 4. The summed E-state index contributed by atoms with van der Waals surface area (Å²) >= 11 is 5.95. The van der Waals surface area contributed by atoms with Gasteiger partial charge < -0.3 is 9.80 Å². The van der Waals surface area contributed by atoms with Gasteiger partial charge in [-0.05, 0) is 49.8 Å². The molecule has 2 aromatic carbocycles. The van der Waals surface area contributed by atoms with E-state index < -0.39 is 0 Å². The van der Waals surface area contributed by atoms with E-state index >= 15 is 0 Å². The van der Waals surface area contributed by atoms with Crippen LogP contribution in [0.4, 0.5) is 5.69 Å². The van der Waals surface area contributed by atoms with E-state index in [0.29, 0.717) is 29.5 Å². The molecule has 0 saturated carbocycles. The Balaban J connectivity index is 1.36. The summed E-state index contributed by atoms with van der Waals surface area (Å²) in [4.78, 5) is 28.8. The van der Waals surface area contributed by atoms with Crippen molar-refractivity contribution in [1.29, 1.82) is 0 Å². The fourth-order valence-corrected chi connectivity index (χ4v) is 4.26. The van der Waals surface area contributed by atoms with Crippen LogP contribution >= 0.6 is 11.6 Å². The largest absolute Gasteiger partial charge is 0.328 e. The van der Waals surface area contributed by atoms with Crippen molar-refractivity contribution in [1.82, 2.24) is 10.3 Å². The number of nitrogens with one attached hydrogen (secondary N) is 2. The second-order valence-corrected chi connectivity index (χ2v) is 8.72. The minimum absolute atomic E-state index is 0.0583. The Bertz CT molecular complexity index is 1010. The van der Waals surface area contributed by atoms with Gasteiger partial charge in [0.05, 0.1) is 31.9 Å². The highest BCUT2D eigenvalue weighted by Crippen LogP contribution is 2.21. The molecule has 0 unspecified atom stereocenters. The van der Waals surface area contributed by atoms with Crippen LogP contribution in [0.25, 0.3) is 0 Å². The van der Waals surface area contributed by atoms with Gasteiger partial charge in [-0.2, -0.15) is 0 Å². The van der Waals surface area contributed by atoms with Crippen molar-refractivity contribution in [3.8, 4) is 0 Å². The number of hydrogen-bond acceptors (Lipinski definition) is 3. The van der Waals surface area contributed by atoms with Gasteiger partial charge in [0.2, 0.25) is 5.91 Å². The molecule has 7 heteroatoms. The lowest BCUT2D eigenvalue weighted by Crippen LogP contribution is -3.13. The van der Waals surface area contributed by atoms with Gasteiger partial charge in [-0.25, -0.2) is 5.01 Å². The molecule has 2 aromatic rings. The molecule has 6 nitrogen and oxygen atoms in total. The topological polar surface area (TPSA) is 57.1 Å². The normalized spacial score (nSPS) is 17.4. The number of anilines is 1. The molecule has 0 spiro atoms. The number of aryl methyl sites for hydroxylation is 2. The highest BCUT2D eigenvalue weighted by atomic mass is 35.5. The zero-order valence-electron chi connectivity index (χ0n) is 18.0. The molecule has 4 rings (SSSR count). The zero-order valence-corrected chi connectivity index (χ0v) is 18.7. The summed E-state index contributed by atoms with van der Waals surface area (Å²) in [5.41, 5.74) is 8.10. The smallest absolute Gasteiger partial charge is 0.271 e. The van der Waals surface area contributed by atoms with Gasteiger partial charge in [0.25, 0.3) is 5.91 Å². The number of hydrogen-bond donors (Lipinski definition) is 2. The Labute approximate surface area is 188 Å². The van der Waals surface area contributed by atoms with Crippen molar-refractivity contribution in [3.05, 3.63) is 76.0 Å². The van der Waals surface area contributed by atoms with Crippen LogP contribution in [0.1, 0.15) is 23.1 Å². The van der Waals surface area contributed by atoms with Crippen molar-refractivity contribution in [2.24, 2.45) is 0 Å². The third-order valence-electron chi connectivity index (χ3n) is 5.97. The summed E-state index contributed by atoms with van der Waals surface area (Å²) in [6.45, 7) is 8.48. The fourth-order valence-electron chi connectivity index (χ4n) is 4.13. The minimum atomic E-state index is -0.110. The third-order valence-corrected chi connectivity index (χ3v) is 6.23. The van der Waals surface area contributed by atoms with Gasteiger partial charge in [-0.1, -0.05) is 35.4 Å². The molecule has 2 aliphatic rings. The predicted octanol–water partition coefficient (Wildman–Crippen LogP) is 2.01. The first-order valence-electron chi connectivity index (χ1n) is 10.6. The van der Waals surface area contributed by atoms with E-state index in [-0.39, 0.29) is 18.2 Å². The number of benzene rings is 2. The molecule has 2 N–H and O–H groups in total. The Morgan fingerprint density at radius 3 is 2.48 bits per heavy atom. The van der Waals surface area contributed by atoms with E-state index in [9.17, 15) is 9.59 Å². The molecule has 0 aromatic heterocycles. The zero-order chi connectivity index (χ0) is 22.0. The van der Waals surface area contributed by atoms with Crippen LogP contribution in [0.3, 0.4) is 0 Å². The molecule has 2 amide bonds. The molecular weight excluding hydrogens is 412 g/mol. The Hall–Kier alpha value is -2.83. The second kappa shape index (κ2) is 9.12. The van der Waals surface area contributed by atoms with Gasteiger partial charge in [-0.15, -0.1) is 0 Å². The molecule has 1 saturated heterocycles. The SMILES string of the molecule is Cc1ccc(C[NH+]2CCN(C(=O)C3=CCC(=O)N(c4ccc(Cl)cc4)N3)CC2)c(C)c1. The Kier molecular flexibility index (Phi) is 6.30. The summed E-state index contributed by atoms with van der Waals surface area (Å²) in [5, 5.41) is 2.02. The summed E-state index contributed by atoms with van der Waals surface area (Å²) in [6, 6.07) is 13.6. The number of piperazine rings is 1. The summed E-state index contributed by atoms with van der Waals surface area (Å²) in [6.07, 6.45) is 1.88. The van der Waals surface area contributed by atoms with Crippen LogP contribution < -0.4 is 15.3 Å². The average molecular weight is 440 g/mol. The fraction of sp³-hybridized carbons (Fsp3) is 0.333. The number of carbonyl (C=O) groups is 2. The summed E-state index contributed by atoms with van der Waals surface area (Å²) < 4.78 is 0. The summed E-state index contributed by atoms with van der Waals surface area (Å²) in [7, 11) is 0. The number of amides is 2. The van der Waals surface area contributed by atoms with Crippen molar-refractivity contribution < 1.29 is 14.5 Å². The van der Waals surface area contributed by atoms with Crippen LogP contribution in [0, 0.1) is 13.8 Å². The number of hydrazine groups is 1. The molecule has 2 heterocycles. The van der Waals surface area contributed by atoms with Crippen molar-refractivity contribution in [2.75, 3.05) is 31.2 Å². The molecule has 2 aliphatic heterocycles. The number of carbonyl (C=O) groups excluding carboxylic acids is 2. The van der Waals surface area contributed by atoms with Gasteiger partial charge in [0.1, 0.15) is 12.2 Å². The van der Waals surface area contributed by atoms with E-state index in [0.717, 1.165) is 19.6 Å². The van der Waals surface area contributed by atoms with Gasteiger partial charge in [0.15, 0.2) is 0 Å². The van der Waals surface area contributed by atoms with Crippen LogP contribution in [-0.2, 0) is 16.1 Å². The standard InChI is InChI=1S/C24H27ClN4O2/c1-17-3-4-19(18(2)15-17)16-27-11-13-28(14-12-27)24(31)22-9-10-23(30)29(26-22)21-7-5-20(25)6-8-21/h3-9,15,26H,10-14,16H2,1-2H3/p+1. The average Bonchev–Trinajstić information content (AvgIpc) is 2.77. The highest BCUT2D eigenvalue weighted by Gasteiger charge is 2.30. The lowest BCUT2D eigenvalue weighted by atomic mass is 10.1. The van der Waals surface area contributed by atoms with E-state index in [1.54, 1.807) is 30.3 Å². The van der Waals surface area contributed by atoms with E-state index in [2.05, 4.69) is 37.5 Å². The van der Waals surface area contributed by atoms with E-state index in [4.69, 9.17) is 11.6 Å². The van der Waals surface area contributed by atoms with Gasteiger partial charge in [-0.3, -0.25) is 15.0 Å². The van der Waals surface area contributed by atoms with Crippen LogP contribution in [0.2, 0.25) is 5.02 Å². The monoisotopic (exact) mass is 439 g/mol. The molecule has 0 atom stereocenters. The summed E-state index contributed by atoms with van der Waals surface area (Å²) in [5.74, 6) is -0.168. The molecule has 31 heavy (non-hydrogen) atoms. The maximum atomic E-state index is 13.1. The lowest BCUT2D eigenvalue weighted by molar-refractivity contribution is -0.917. The maximum absolute atomic E-state index is 13.1. The molecule has 0 aliphatic carbocycles. The molecule has 0 bridgehead atoms. The van der Waals surface area contributed by atoms with Crippen molar-refractivity contribution >= 4 is 29.1 Å². The van der Waals surface area contributed by atoms with Crippen LogP contribution in [-0.4, -0.2) is 42.9 Å². The Morgan fingerprint density at radius 2 is 1.81 bits per heavy atom. The number of halogens is 1. The first-order valence-corrected chi connectivity index (χ1v) is 11.0. The van der Waals surface area contributed by atoms with E-state index in [1.807, 2.05) is 4.90 Å². The van der Waals surface area contributed by atoms with Gasteiger partial charge in [0, 0.05) is 17.0 Å². The molecule has 1 fully saturated rings. The molecular formula is C24H28ClN4O2+. The maximum Gasteiger partial charge on any atom is 0.271 e. The minimum Gasteiger partial charge on any atom is -0.328 e. The lowest BCUT2D eigenvalue weighted by Gasteiger charge is -2.35. The third kappa shape index (κ3) is 4.92. The molecule has 162 valence electrons. The quantitative estimate of drug-likeness (QED) is 0.766. The highest BCUT2D eigenvalue weighted by molar-refractivity contribution is 6.30. The van der Waals surface area contributed by atoms with Crippen LogP contribution in [0.15, 0.2) is 54.2 Å².